The highest BCUT2D eigenvalue weighted by Gasteiger charge is 2.15. The molecule has 0 N–H and O–H groups in total. The van der Waals surface area contributed by atoms with E-state index in [0.717, 1.165) is 10.0 Å². The first-order chi connectivity index (χ1) is 16.9. The third-order valence-electron chi connectivity index (χ3n) is 5.29. The van der Waals surface area contributed by atoms with E-state index < -0.39 is 0 Å². The Labute approximate surface area is 216 Å². The lowest BCUT2D eigenvalue weighted by atomic mass is 10.2. The van der Waals surface area contributed by atoms with Crippen molar-refractivity contribution in [3.63, 3.8) is 0 Å². The molecule has 0 bridgehead atoms. The number of rotatable bonds is 8. The molecule has 35 heavy (non-hydrogen) atoms. The maximum atomic E-state index is 13.1. The minimum Gasteiger partial charge on any atom is -0.493 e. The molecular formula is C26H23BrClN3O4. The Balaban J connectivity index is 1.68. The molecule has 0 aliphatic heterocycles. The van der Waals surface area contributed by atoms with Gasteiger partial charge in [-0.3, -0.25) is 4.79 Å². The van der Waals surface area contributed by atoms with E-state index in [1.165, 1.54) is 4.68 Å². The van der Waals surface area contributed by atoms with Gasteiger partial charge in [-0.25, -0.2) is 4.98 Å². The Hall–Kier alpha value is -3.36. The lowest BCUT2D eigenvalue weighted by molar-refractivity contribution is 0.266. The van der Waals surface area contributed by atoms with Crippen molar-refractivity contribution in [2.75, 3.05) is 14.2 Å². The van der Waals surface area contributed by atoms with Crippen LogP contribution >= 0.6 is 27.5 Å². The highest BCUT2D eigenvalue weighted by molar-refractivity contribution is 9.10. The number of benzene rings is 3. The van der Waals surface area contributed by atoms with Crippen molar-refractivity contribution < 1.29 is 14.2 Å². The smallest absolute Gasteiger partial charge is 0.282 e. The summed E-state index contributed by atoms with van der Waals surface area (Å²) in [5.74, 6) is 1.97. The van der Waals surface area contributed by atoms with Crippen molar-refractivity contribution in [2.45, 2.75) is 20.0 Å². The van der Waals surface area contributed by atoms with Crippen molar-refractivity contribution in [1.82, 2.24) is 9.66 Å². The number of hydrogen-bond acceptors (Lipinski definition) is 6. The number of halogens is 2. The molecule has 4 rings (SSSR count). The van der Waals surface area contributed by atoms with E-state index in [1.54, 1.807) is 50.8 Å². The fourth-order valence-electron chi connectivity index (χ4n) is 3.52. The average Bonchev–Trinajstić information content (AvgIpc) is 2.87. The molecule has 0 aliphatic rings. The fraction of sp³-hybridized carbons (Fsp3) is 0.192. The zero-order chi connectivity index (χ0) is 24.9. The largest absolute Gasteiger partial charge is 0.493 e. The van der Waals surface area contributed by atoms with Gasteiger partial charge in [0.05, 0.1) is 31.3 Å². The van der Waals surface area contributed by atoms with Gasteiger partial charge >= 0.3 is 0 Å². The van der Waals surface area contributed by atoms with Gasteiger partial charge in [-0.05, 0) is 48.0 Å². The molecule has 0 radical (unpaired) electrons. The Morgan fingerprint density at radius 3 is 2.37 bits per heavy atom. The van der Waals surface area contributed by atoms with Gasteiger partial charge in [-0.2, -0.15) is 9.78 Å². The highest BCUT2D eigenvalue weighted by Crippen LogP contribution is 2.38. The van der Waals surface area contributed by atoms with Crippen LogP contribution in [0.15, 0.2) is 69.0 Å². The summed E-state index contributed by atoms with van der Waals surface area (Å²) in [4.78, 5) is 17.7. The standard InChI is InChI=1S/C26H23BrClN3O4/c1-4-24-30-21-10-7-18(27)13-20(21)26(32)31(24)29-14-17-11-22(33-2)25(23(12-17)34-3)35-15-16-5-8-19(28)9-6-16/h5-14H,4,15H2,1-3H3. The first-order valence-electron chi connectivity index (χ1n) is 10.8. The van der Waals surface area contributed by atoms with Crippen LogP contribution in [-0.2, 0) is 13.0 Å². The second kappa shape index (κ2) is 10.9. The summed E-state index contributed by atoms with van der Waals surface area (Å²) in [6.07, 6.45) is 2.11. The van der Waals surface area contributed by atoms with Gasteiger partial charge in [-0.1, -0.05) is 46.6 Å². The molecule has 4 aromatic rings. The van der Waals surface area contributed by atoms with E-state index in [9.17, 15) is 4.79 Å². The van der Waals surface area contributed by atoms with Crippen LogP contribution in [0.3, 0.4) is 0 Å². The molecule has 0 saturated carbocycles. The Bertz CT molecular complexity index is 1430. The van der Waals surface area contributed by atoms with Crippen LogP contribution in [0, 0.1) is 0 Å². The highest BCUT2D eigenvalue weighted by atomic mass is 79.9. The van der Waals surface area contributed by atoms with Crippen LogP contribution in [0.2, 0.25) is 5.02 Å². The van der Waals surface area contributed by atoms with Gasteiger partial charge < -0.3 is 14.2 Å². The zero-order valence-corrected chi connectivity index (χ0v) is 21.8. The molecule has 180 valence electrons. The van der Waals surface area contributed by atoms with Gasteiger partial charge in [0.15, 0.2) is 11.5 Å². The normalized spacial score (nSPS) is 11.2. The first kappa shape index (κ1) is 24.8. The summed E-state index contributed by atoms with van der Waals surface area (Å²) >= 11 is 9.37. The lowest BCUT2D eigenvalue weighted by Gasteiger charge is -2.15. The molecule has 0 atom stereocenters. The number of aromatic nitrogens is 2. The van der Waals surface area contributed by atoms with Crippen LogP contribution in [0.25, 0.3) is 10.9 Å². The van der Waals surface area contributed by atoms with Crippen molar-refractivity contribution >= 4 is 44.6 Å². The summed E-state index contributed by atoms with van der Waals surface area (Å²) in [5.41, 5.74) is 2.00. The van der Waals surface area contributed by atoms with E-state index in [2.05, 4.69) is 26.0 Å². The third kappa shape index (κ3) is 5.49. The zero-order valence-electron chi connectivity index (χ0n) is 19.4. The molecule has 0 spiro atoms. The van der Waals surface area contributed by atoms with Crippen LogP contribution < -0.4 is 19.8 Å². The van der Waals surface area contributed by atoms with E-state index in [0.29, 0.717) is 57.6 Å². The molecule has 9 heteroatoms. The Kier molecular flexibility index (Phi) is 7.73. The molecule has 3 aromatic carbocycles. The number of methoxy groups -OCH3 is 2. The monoisotopic (exact) mass is 555 g/mol. The number of ether oxygens (including phenoxy) is 3. The molecule has 0 aliphatic carbocycles. The summed E-state index contributed by atoms with van der Waals surface area (Å²) in [6, 6.07) is 16.3. The number of fused-ring (bicyclic) bond motifs is 1. The van der Waals surface area contributed by atoms with Gasteiger partial charge in [-0.15, -0.1) is 0 Å². The maximum absolute atomic E-state index is 13.1. The molecule has 7 nitrogen and oxygen atoms in total. The van der Waals surface area contributed by atoms with Crippen LogP contribution in [-0.4, -0.2) is 30.1 Å². The quantitative estimate of drug-likeness (QED) is 0.254. The minimum atomic E-state index is -0.244. The molecule has 1 aromatic heterocycles. The van der Waals surface area contributed by atoms with Gasteiger partial charge in [0.25, 0.3) is 5.56 Å². The lowest BCUT2D eigenvalue weighted by Crippen LogP contribution is -2.22. The van der Waals surface area contributed by atoms with Gasteiger partial charge in [0, 0.05) is 21.5 Å². The van der Waals surface area contributed by atoms with Crippen molar-refractivity contribution in [3.05, 3.63) is 91.4 Å². The van der Waals surface area contributed by atoms with E-state index >= 15 is 0 Å². The van der Waals surface area contributed by atoms with E-state index in [-0.39, 0.29) is 5.56 Å². The van der Waals surface area contributed by atoms with Crippen LogP contribution in [0.1, 0.15) is 23.9 Å². The van der Waals surface area contributed by atoms with Gasteiger partial charge in [0.2, 0.25) is 5.75 Å². The SMILES string of the molecule is CCc1nc2ccc(Br)cc2c(=O)n1N=Cc1cc(OC)c(OCc2ccc(Cl)cc2)c(OC)c1. The van der Waals surface area contributed by atoms with Crippen molar-refractivity contribution in [2.24, 2.45) is 5.10 Å². The predicted octanol–water partition coefficient (Wildman–Crippen LogP) is 5.85. The Morgan fingerprint density at radius 2 is 1.74 bits per heavy atom. The van der Waals surface area contributed by atoms with E-state index in [4.69, 9.17) is 25.8 Å². The topological polar surface area (TPSA) is 74.9 Å². The number of hydrogen-bond donors (Lipinski definition) is 0. The van der Waals surface area contributed by atoms with Crippen molar-refractivity contribution in [3.8, 4) is 17.2 Å². The predicted molar refractivity (Wildman–Crippen MR) is 141 cm³/mol. The Morgan fingerprint density at radius 1 is 1.06 bits per heavy atom. The first-order valence-corrected chi connectivity index (χ1v) is 12.0. The van der Waals surface area contributed by atoms with Crippen LogP contribution in [0.4, 0.5) is 0 Å². The molecule has 1 heterocycles. The van der Waals surface area contributed by atoms with Gasteiger partial charge in [0.1, 0.15) is 12.4 Å². The van der Waals surface area contributed by atoms with Crippen LogP contribution in [0.5, 0.6) is 17.2 Å². The number of aryl methyl sites for hydroxylation is 1. The fourth-order valence-corrected chi connectivity index (χ4v) is 4.01. The summed E-state index contributed by atoms with van der Waals surface area (Å²) in [5, 5.41) is 5.59. The summed E-state index contributed by atoms with van der Waals surface area (Å²) in [7, 11) is 3.10. The molecule has 0 amide bonds. The molecule has 0 fully saturated rings. The number of nitrogens with zero attached hydrogens (tertiary/aromatic N) is 3. The second-order valence-electron chi connectivity index (χ2n) is 7.57. The molecular weight excluding hydrogens is 534 g/mol. The third-order valence-corrected chi connectivity index (χ3v) is 6.04. The van der Waals surface area contributed by atoms with Crippen molar-refractivity contribution in [1.29, 1.82) is 0 Å². The minimum absolute atomic E-state index is 0.244. The second-order valence-corrected chi connectivity index (χ2v) is 8.93. The summed E-state index contributed by atoms with van der Waals surface area (Å²) in [6.45, 7) is 2.24. The average molecular weight is 557 g/mol. The summed E-state index contributed by atoms with van der Waals surface area (Å²) < 4.78 is 19.2. The maximum Gasteiger partial charge on any atom is 0.282 e. The molecule has 0 unspecified atom stereocenters. The molecule has 0 saturated heterocycles. The van der Waals surface area contributed by atoms with E-state index in [1.807, 2.05) is 31.2 Å².